The van der Waals surface area contributed by atoms with Gasteiger partial charge in [0.25, 0.3) is 11.1 Å². The number of fused-ring (bicyclic) bond motifs is 1. The van der Waals surface area contributed by atoms with Crippen LogP contribution in [-0.4, -0.2) is 41.1 Å². The van der Waals surface area contributed by atoms with E-state index in [1.807, 2.05) is 39.8 Å². The van der Waals surface area contributed by atoms with E-state index in [0.29, 0.717) is 46.1 Å². The number of aliphatic imine (C=N–C) groups is 1. The van der Waals surface area contributed by atoms with Crippen molar-refractivity contribution in [1.29, 1.82) is 0 Å². The number of hydrogen-bond donors (Lipinski definition) is 4. The Morgan fingerprint density at radius 2 is 1.36 bits per heavy atom. The lowest BCUT2D eigenvalue weighted by atomic mass is 10.1. The summed E-state index contributed by atoms with van der Waals surface area (Å²) in [4.78, 5) is 73.4. The van der Waals surface area contributed by atoms with E-state index in [1.54, 1.807) is 26.0 Å². The number of aromatic nitrogens is 6. The minimum absolute atomic E-state index is 0.0174. The fourth-order valence-electron chi connectivity index (χ4n) is 4.28. The monoisotopic (exact) mass is 657 g/mol. The number of carbonyl (C=O) groups excluding carboxylic acids is 1. The van der Waals surface area contributed by atoms with Crippen LogP contribution in [0.25, 0.3) is 0 Å². The van der Waals surface area contributed by atoms with E-state index >= 15 is 0 Å². The number of rotatable bonds is 4. The second-order valence-corrected chi connectivity index (χ2v) is 11.2. The number of aromatic amines is 2. The average Bonchev–Trinajstić information content (AvgIpc) is 3.37. The summed E-state index contributed by atoms with van der Waals surface area (Å²) < 4.78 is 2.72. The maximum absolute atomic E-state index is 12.0. The van der Waals surface area contributed by atoms with E-state index in [1.165, 1.54) is 9.13 Å². The number of nitrogens with two attached hydrogens (primary N) is 2. The predicted molar refractivity (Wildman–Crippen MR) is 175 cm³/mol. The predicted octanol–water partition coefficient (Wildman–Crippen LogP) is 3.29. The summed E-state index contributed by atoms with van der Waals surface area (Å²) in [6.07, 6.45) is 1.02. The largest absolute Gasteiger partial charge is 0.391 e. The quantitative estimate of drug-likeness (QED) is 0.187. The van der Waals surface area contributed by atoms with Gasteiger partial charge in [0, 0.05) is 35.5 Å². The Hall–Kier alpha value is -4.82. The van der Waals surface area contributed by atoms with Crippen LogP contribution in [0.1, 0.15) is 72.7 Å². The molecule has 0 unspecified atom stereocenters. The first-order valence-electron chi connectivity index (χ1n) is 13.6. The number of aryl methyl sites for hydroxylation is 2. The second kappa shape index (κ2) is 14.3. The van der Waals surface area contributed by atoms with Crippen LogP contribution in [0.4, 0.5) is 17.3 Å². The van der Waals surface area contributed by atoms with Gasteiger partial charge in [0.2, 0.25) is 0 Å². The van der Waals surface area contributed by atoms with Gasteiger partial charge in [0.05, 0.1) is 16.8 Å². The highest BCUT2D eigenvalue weighted by Gasteiger charge is 2.26. The summed E-state index contributed by atoms with van der Waals surface area (Å²) in [5.74, 6) is 0.430. The van der Waals surface area contributed by atoms with Crippen LogP contribution in [0.2, 0.25) is 10.3 Å². The molecule has 0 fully saturated rings. The SMILES string of the molecule is CC(C)n1c(N)c(N)c(=O)[nH]c1=O.Cc1ccc(C2=Nc3c(c(=O)[nH]c(=O)n3C(C)C)C2)c(Cl)n1.Cc1ccc(C=O)c(Cl)n1. The molecule has 0 radical (unpaired) electrons. The molecule has 6 N–H and O–H groups in total. The van der Waals surface area contributed by atoms with Gasteiger partial charge < -0.3 is 11.5 Å². The molecule has 238 valence electrons. The summed E-state index contributed by atoms with van der Waals surface area (Å²) in [6.45, 7) is 11.0. The van der Waals surface area contributed by atoms with E-state index < -0.39 is 22.5 Å². The van der Waals surface area contributed by atoms with Crippen molar-refractivity contribution in [3.63, 3.8) is 0 Å². The van der Waals surface area contributed by atoms with Crippen molar-refractivity contribution in [3.05, 3.63) is 104 Å². The van der Waals surface area contributed by atoms with E-state index in [4.69, 9.17) is 34.7 Å². The summed E-state index contributed by atoms with van der Waals surface area (Å²) >= 11 is 11.8. The van der Waals surface area contributed by atoms with Gasteiger partial charge in [-0.2, -0.15) is 0 Å². The smallest absolute Gasteiger partial charge is 0.330 e. The molecule has 45 heavy (non-hydrogen) atoms. The standard InChI is InChI=1S/C15H15ClN4O2.C7H6ClNO.C7H12N4O2/c1-7(2)20-13-10(14(21)19-15(20)22)6-11(18-13)9-5-4-8(3)17-12(9)16;1-5-2-3-6(4-10)7(8)9-5;1-3(2)11-5(9)4(8)6(12)10-7(11)13/h4-5,7H,6H2,1-3H3,(H,19,21,22);2-4H,1H3;3H,8-9H2,1-2H3,(H,10,12,13). The third-order valence-corrected chi connectivity index (χ3v) is 7.08. The van der Waals surface area contributed by atoms with Crippen LogP contribution in [0.3, 0.4) is 0 Å². The van der Waals surface area contributed by atoms with Crippen LogP contribution < -0.4 is 34.0 Å². The number of aldehydes is 1. The molecular weight excluding hydrogens is 625 g/mol. The number of pyridine rings is 2. The third kappa shape index (κ3) is 7.83. The fraction of sp³-hybridized carbons (Fsp3) is 0.310. The van der Waals surface area contributed by atoms with Crippen LogP contribution in [-0.2, 0) is 6.42 Å². The van der Waals surface area contributed by atoms with Gasteiger partial charge in [0.15, 0.2) is 6.29 Å². The Morgan fingerprint density at radius 1 is 0.822 bits per heavy atom. The maximum Gasteiger partial charge on any atom is 0.330 e. The van der Waals surface area contributed by atoms with E-state index in [9.17, 15) is 24.0 Å². The van der Waals surface area contributed by atoms with Crippen molar-refractivity contribution in [3.8, 4) is 0 Å². The Morgan fingerprint density at radius 3 is 1.89 bits per heavy atom. The summed E-state index contributed by atoms with van der Waals surface area (Å²) in [7, 11) is 0. The molecule has 0 aromatic carbocycles. The van der Waals surface area contributed by atoms with Crippen molar-refractivity contribution in [1.82, 2.24) is 29.1 Å². The first-order chi connectivity index (χ1) is 21.1. The molecule has 0 spiro atoms. The molecule has 5 rings (SSSR count). The Kier molecular flexibility index (Phi) is 11.0. The third-order valence-electron chi connectivity index (χ3n) is 6.49. The van der Waals surface area contributed by atoms with Crippen molar-refractivity contribution in [2.75, 3.05) is 11.5 Å². The van der Waals surface area contributed by atoms with Crippen molar-refractivity contribution < 1.29 is 4.79 Å². The molecule has 4 aromatic rings. The maximum atomic E-state index is 12.0. The number of hydrogen-bond acceptors (Lipinski definition) is 10. The number of anilines is 2. The molecule has 0 atom stereocenters. The van der Waals surface area contributed by atoms with Gasteiger partial charge in [-0.25, -0.2) is 24.5 Å². The molecule has 5 heterocycles. The van der Waals surface area contributed by atoms with Crippen molar-refractivity contribution >= 4 is 52.5 Å². The highest BCUT2D eigenvalue weighted by molar-refractivity contribution is 6.33. The Bertz CT molecular complexity index is 2020. The number of nitrogens with one attached hydrogen (secondary N) is 2. The van der Waals surface area contributed by atoms with Gasteiger partial charge in [-0.3, -0.25) is 33.5 Å². The molecule has 0 amide bonds. The molecule has 0 saturated heterocycles. The van der Waals surface area contributed by atoms with Gasteiger partial charge in [-0.05, 0) is 65.8 Å². The van der Waals surface area contributed by atoms with Gasteiger partial charge in [-0.15, -0.1) is 0 Å². The van der Waals surface area contributed by atoms with Crippen LogP contribution in [0.15, 0.2) is 48.4 Å². The van der Waals surface area contributed by atoms with E-state index in [-0.39, 0.29) is 28.7 Å². The molecule has 16 heteroatoms. The molecule has 0 bridgehead atoms. The first-order valence-corrected chi connectivity index (χ1v) is 14.4. The van der Waals surface area contributed by atoms with Crippen LogP contribution in [0.5, 0.6) is 0 Å². The molecule has 14 nitrogen and oxygen atoms in total. The van der Waals surface area contributed by atoms with E-state index in [0.717, 1.165) is 11.4 Å². The normalized spacial score (nSPS) is 11.7. The minimum atomic E-state index is -0.639. The molecule has 0 saturated carbocycles. The number of carbonyl (C=O) groups is 1. The molecule has 1 aliphatic rings. The van der Waals surface area contributed by atoms with Gasteiger partial charge >= 0.3 is 11.4 Å². The Labute approximate surface area is 266 Å². The number of halogens is 2. The van der Waals surface area contributed by atoms with E-state index in [2.05, 4.69) is 24.9 Å². The lowest BCUT2D eigenvalue weighted by Gasteiger charge is -2.13. The molecular formula is C29H33Cl2N9O5. The zero-order valence-electron chi connectivity index (χ0n) is 25.4. The first kappa shape index (κ1) is 34.7. The Balaban J connectivity index is 0.000000204. The number of H-pyrrole nitrogens is 2. The van der Waals surface area contributed by atoms with Crippen molar-refractivity contribution in [2.45, 2.75) is 60.0 Å². The average molecular weight is 659 g/mol. The lowest BCUT2D eigenvalue weighted by Crippen LogP contribution is -2.34. The fourth-order valence-corrected chi connectivity index (χ4v) is 4.83. The van der Waals surface area contributed by atoms with Crippen LogP contribution >= 0.6 is 23.2 Å². The lowest BCUT2D eigenvalue weighted by molar-refractivity contribution is 0.112. The molecule has 1 aliphatic heterocycles. The highest BCUT2D eigenvalue weighted by Crippen LogP contribution is 2.29. The summed E-state index contributed by atoms with van der Waals surface area (Å²) in [5, 5.41) is 0.622. The van der Waals surface area contributed by atoms with Crippen LogP contribution in [0, 0.1) is 13.8 Å². The van der Waals surface area contributed by atoms with Crippen molar-refractivity contribution in [2.24, 2.45) is 4.99 Å². The highest BCUT2D eigenvalue weighted by atomic mass is 35.5. The van der Waals surface area contributed by atoms with Gasteiger partial charge in [0.1, 0.15) is 27.6 Å². The topological polar surface area (TPSA) is 217 Å². The van der Waals surface area contributed by atoms with Gasteiger partial charge in [-0.1, -0.05) is 23.2 Å². The zero-order valence-corrected chi connectivity index (χ0v) is 26.9. The molecule has 0 aliphatic carbocycles. The zero-order chi connectivity index (χ0) is 33.7. The number of nitrogen functional groups attached to an aromatic ring is 2. The summed E-state index contributed by atoms with van der Waals surface area (Å²) in [5.41, 5.74) is 12.6. The summed E-state index contributed by atoms with van der Waals surface area (Å²) in [6, 6.07) is 6.83. The molecule has 4 aromatic heterocycles. The minimum Gasteiger partial charge on any atom is -0.391 e. The number of nitrogens with zero attached hydrogens (tertiary/aromatic N) is 5. The second-order valence-electron chi connectivity index (χ2n) is 10.5.